The van der Waals surface area contributed by atoms with Crippen molar-refractivity contribution in [3.63, 3.8) is 0 Å². The monoisotopic (exact) mass is 326 g/mol. The molecule has 0 unspecified atom stereocenters. The third-order valence-electron chi connectivity index (χ3n) is 2.17. The summed E-state index contributed by atoms with van der Waals surface area (Å²) in [6.45, 7) is 0. The van der Waals surface area contributed by atoms with Gasteiger partial charge < -0.3 is 11.5 Å². The number of benzene rings is 1. The van der Waals surface area contributed by atoms with Gasteiger partial charge in [0.05, 0.1) is 5.69 Å². The first-order valence-corrected chi connectivity index (χ1v) is 7.47. The third-order valence-corrected chi connectivity index (χ3v) is 3.97. The van der Waals surface area contributed by atoms with Crippen molar-refractivity contribution >= 4 is 37.6 Å². The minimum Gasteiger partial charge on any atom is -0.396 e. The van der Waals surface area contributed by atoms with Gasteiger partial charge in [-0.25, -0.2) is 15.6 Å². The van der Waals surface area contributed by atoms with E-state index in [2.05, 4.69) is 0 Å². The highest BCUT2D eigenvalue weighted by atomic mass is 32.2. The predicted octanol–water partition coefficient (Wildman–Crippen LogP) is -1.48. The van der Waals surface area contributed by atoms with Gasteiger partial charge in [0.1, 0.15) is 15.5 Å². The Balaban J connectivity index is 3.87. The molecule has 0 aliphatic heterocycles. The van der Waals surface area contributed by atoms with Crippen molar-refractivity contribution < 1.29 is 30.7 Å². The van der Waals surface area contributed by atoms with Crippen LogP contribution in [0.1, 0.15) is 0 Å². The molecule has 2 amide bonds. The lowest BCUT2D eigenvalue weighted by Gasteiger charge is -2.19. The lowest BCUT2D eigenvalue weighted by atomic mass is 10.2. The summed E-state index contributed by atoms with van der Waals surface area (Å²) in [6.07, 6.45) is 0. The van der Waals surface area contributed by atoms with Crippen LogP contribution in [-0.2, 0) is 20.2 Å². The van der Waals surface area contributed by atoms with E-state index in [1.165, 1.54) is 0 Å². The Kier molecular flexibility index (Phi) is 3.93. The van der Waals surface area contributed by atoms with Gasteiger partial charge in [0.2, 0.25) is 0 Å². The fourth-order valence-corrected chi connectivity index (χ4v) is 2.67. The number of primary amides is 1. The summed E-state index contributed by atoms with van der Waals surface area (Å²) in [5.41, 5.74) is 8.44. The second-order valence-corrected chi connectivity index (χ2v) is 6.26. The topological polar surface area (TPSA) is 207 Å². The van der Waals surface area contributed by atoms with Crippen molar-refractivity contribution in [2.75, 3.05) is 10.7 Å². The summed E-state index contributed by atoms with van der Waals surface area (Å²) < 4.78 is 62.3. The summed E-state index contributed by atoms with van der Waals surface area (Å²) in [7, 11) is -9.70. The zero-order valence-corrected chi connectivity index (χ0v) is 11.2. The molecule has 0 saturated carbocycles. The molecule has 0 atom stereocenters. The van der Waals surface area contributed by atoms with Crippen LogP contribution < -0.4 is 22.3 Å². The van der Waals surface area contributed by atoms with Gasteiger partial charge in [-0.1, -0.05) is 0 Å². The Morgan fingerprint density at radius 1 is 1.05 bits per heavy atom. The maximum atomic E-state index is 11.1. The highest BCUT2D eigenvalue weighted by Gasteiger charge is 2.28. The molecule has 0 fully saturated rings. The van der Waals surface area contributed by atoms with Gasteiger partial charge in [-0.05, 0) is 12.1 Å². The number of nitrogens with zero attached hydrogens (tertiary/aromatic N) is 1. The molecular weight excluding hydrogens is 316 g/mol. The van der Waals surface area contributed by atoms with Gasteiger partial charge in [0, 0.05) is 0 Å². The number of nitrogen functional groups attached to an aromatic ring is 1. The molecule has 0 radical (unpaired) electrons. The van der Waals surface area contributed by atoms with Crippen LogP contribution in [0.15, 0.2) is 21.9 Å². The number of carbonyl (C=O) groups excluding carboxylic acids is 1. The molecule has 0 heterocycles. The van der Waals surface area contributed by atoms with Crippen LogP contribution in [0.4, 0.5) is 16.2 Å². The van der Waals surface area contributed by atoms with Gasteiger partial charge >= 0.3 is 6.03 Å². The first kappa shape index (κ1) is 16.1. The summed E-state index contributed by atoms with van der Waals surface area (Å²) in [5.74, 6) is 5.18. The van der Waals surface area contributed by atoms with Gasteiger partial charge in [0.25, 0.3) is 20.2 Å². The molecule has 1 aromatic rings. The summed E-state index contributed by atoms with van der Waals surface area (Å²) in [5, 5.41) is 0.0209. The molecule has 1 aromatic carbocycles. The Morgan fingerprint density at radius 3 is 1.80 bits per heavy atom. The van der Waals surface area contributed by atoms with E-state index in [-0.39, 0.29) is 5.01 Å². The SMILES string of the molecule is NC(=O)N(N)c1c(S(=O)(=O)O)ccc(S(=O)(=O)O)c1N. The zero-order chi connectivity index (χ0) is 15.9. The molecular formula is C7H10N4O7S2. The molecule has 0 aromatic heterocycles. The van der Waals surface area contributed by atoms with Crippen LogP contribution in [0.5, 0.6) is 0 Å². The highest BCUT2D eigenvalue weighted by molar-refractivity contribution is 7.86. The van der Waals surface area contributed by atoms with E-state index < -0.39 is 47.4 Å². The molecule has 13 heteroatoms. The molecule has 0 spiro atoms. The van der Waals surface area contributed by atoms with Crippen molar-refractivity contribution in [3.8, 4) is 0 Å². The van der Waals surface area contributed by atoms with E-state index in [1.807, 2.05) is 0 Å². The number of hydrazine groups is 1. The van der Waals surface area contributed by atoms with Crippen LogP contribution >= 0.6 is 0 Å². The average Bonchev–Trinajstić information content (AvgIpc) is 2.24. The molecule has 1 rings (SSSR count). The van der Waals surface area contributed by atoms with E-state index in [9.17, 15) is 21.6 Å². The quantitative estimate of drug-likeness (QED) is 0.144. The fraction of sp³-hybridized carbons (Fsp3) is 0. The van der Waals surface area contributed by atoms with Gasteiger partial charge in [-0.3, -0.25) is 9.11 Å². The number of amides is 2. The van der Waals surface area contributed by atoms with Gasteiger partial charge in [-0.2, -0.15) is 16.8 Å². The second kappa shape index (κ2) is 4.88. The normalized spacial score (nSPS) is 12.2. The number of urea groups is 1. The van der Waals surface area contributed by atoms with Gasteiger partial charge in [0.15, 0.2) is 0 Å². The summed E-state index contributed by atoms with van der Waals surface area (Å²) >= 11 is 0. The van der Waals surface area contributed by atoms with E-state index in [4.69, 9.17) is 26.4 Å². The Labute approximate surface area is 113 Å². The largest absolute Gasteiger partial charge is 0.396 e. The molecule has 11 nitrogen and oxygen atoms in total. The van der Waals surface area contributed by atoms with E-state index in [0.29, 0.717) is 12.1 Å². The molecule has 20 heavy (non-hydrogen) atoms. The molecule has 112 valence electrons. The molecule has 0 aliphatic rings. The summed E-state index contributed by atoms with van der Waals surface area (Å²) in [4.78, 5) is 9.11. The average molecular weight is 326 g/mol. The van der Waals surface area contributed by atoms with Crippen molar-refractivity contribution in [1.29, 1.82) is 0 Å². The van der Waals surface area contributed by atoms with Crippen LogP contribution in [0.25, 0.3) is 0 Å². The minimum atomic E-state index is -4.88. The second-order valence-electron chi connectivity index (χ2n) is 3.48. The first-order chi connectivity index (χ1) is 8.87. The van der Waals surface area contributed by atoms with Crippen LogP contribution in [0.2, 0.25) is 0 Å². The van der Waals surface area contributed by atoms with Crippen LogP contribution in [0.3, 0.4) is 0 Å². The van der Waals surface area contributed by atoms with E-state index in [0.717, 1.165) is 0 Å². The first-order valence-electron chi connectivity index (χ1n) is 4.59. The molecule has 0 aliphatic carbocycles. The highest BCUT2D eigenvalue weighted by Crippen LogP contribution is 2.34. The number of carbonyl (C=O) groups is 1. The van der Waals surface area contributed by atoms with Crippen LogP contribution in [0, 0.1) is 0 Å². The molecule has 8 N–H and O–H groups in total. The Morgan fingerprint density at radius 2 is 1.45 bits per heavy atom. The number of hydrogen-bond acceptors (Lipinski definition) is 7. The minimum absolute atomic E-state index is 0.0209. The number of nitrogens with two attached hydrogens (primary N) is 3. The lowest BCUT2D eigenvalue weighted by molar-refractivity contribution is 0.254. The van der Waals surface area contributed by atoms with Crippen molar-refractivity contribution in [1.82, 2.24) is 0 Å². The van der Waals surface area contributed by atoms with E-state index >= 15 is 0 Å². The number of hydrogen-bond donors (Lipinski definition) is 5. The maximum Gasteiger partial charge on any atom is 0.333 e. The predicted molar refractivity (Wildman–Crippen MR) is 66.7 cm³/mol. The van der Waals surface area contributed by atoms with Crippen molar-refractivity contribution in [2.24, 2.45) is 11.6 Å². The van der Waals surface area contributed by atoms with Crippen molar-refractivity contribution in [2.45, 2.75) is 9.79 Å². The molecule has 0 saturated heterocycles. The third kappa shape index (κ3) is 2.97. The summed E-state index contributed by atoms with van der Waals surface area (Å²) in [6, 6.07) is -0.173. The Bertz CT molecular complexity index is 771. The standard InChI is InChI=1S/C7H10N4O7S2/c8-5-3(19(13,14)15)1-2-4(20(16,17)18)6(5)11(10)7(9)12/h1-2H,8,10H2,(H2,9,12)(H,13,14,15)(H,16,17,18). The van der Waals surface area contributed by atoms with Crippen molar-refractivity contribution in [3.05, 3.63) is 12.1 Å². The van der Waals surface area contributed by atoms with Gasteiger partial charge in [-0.15, -0.1) is 0 Å². The van der Waals surface area contributed by atoms with E-state index in [1.54, 1.807) is 0 Å². The van der Waals surface area contributed by atoms with Crippen LogP contribution in [-0.4, -0.2) is 32.0 Å². The zero-order valence-electron chi connectivity index (χ0n) is 9.59. The Hall–Kier alpha value is -1.93. The fourth-order valence-electron chi connectivity index (χ4n) is 1.36. The maximum absolute atomic E-state index is 11.1. The molecule has 0 bridgehead atoms. The smallest absolute Gasteiger partial charge is 0.333 e. The number of rotatable bonds is 3. The number of anilines is 2. The lowest BCUT2D eigenvalue weighted by Crippen LogP contribution is -2.43.